The van der Waals surface area contributed by atoms with Gasteiger partial charge in [-0.05, 0) is 24.8 Å². The molecule has 1 saturated carbocycles. The van der Waals surface area contributed by atoms with Crippen LogP contribution in [0.15, 0.2) is 30.3 Å². The Labute approximate surface area is 120 Å². The fraction of sp³-hybridized carbons (Fsp3) is 0.588. The summed E-state index contributed by atoms with van der Waals surface area (Å²) in [5, 5.41) is 0. The quantitative estimate of drug-likeness (QED) is 0.847. The van der Waals surface area contributed by atoms with E-state index in [1.54, 1.807) is 0 Å². The smallest absolute Gasteiger partial charge is 0.226 e. The Balaban J connectivity index is 1.68. The first kappa shape index (κ1) is 13.6. The minimum Gasteiger partial charge on any atom is -0.377 e. The van der Waals surface area contributed by atoms with Gasteiger partial charge in [0.25, 0.3) is 0 Å². The van der Waals surface area contributed by atoms with Gasteiger partial charge in [-0.3, -0.25) is 4.79 Å². The van der Waals surface area contributed by atoms with Crippen LogP contribution in [0.25, 0.3) is 0 Å². The molecule has 3 nitrogen and oxygen atoms in total. The highest BCUT2D eigenvalue weighted by molar-refractivity contribution is 5.79. The number of ether oxygens (including phenoxy) is 1. The first-order valence-corrected chi connectivity index (χ1v) is 7.77. The monoisotopic (exact) mass is 273 g/mol. The Morgan fingerprint density at radius 2 is 1.95 bits per heavy atom. The first-order valence-electron chi connectivity index (χ1n) is 7.77. The Kier molecular flexibility index (Phi) is 4.36. The summed E-state index contributed by atoms with van der Waals surface area (Å²) in [5.41, 5.74) is 1.28. The van der Waals surface area contributed by atoms with Gasteiger partial charge in [0.05, 0.1) is 19.3 Å². The molecule has 1 amide bonds. The number of benzene rings is 1. The minimum atomic E-state index is 0.208. The van der Waals surface area contributed by atoms with Crippen LogP contribution < -0.4 is 0 Å². The Hall–Kier alpha value is -1.35. The Morgan fingerprint density at radius 3 is 2.70 bits per heavy atom. The predicted octanol–water partition coefficient (Wildman–Crippen LogP) is 2.65. The summed E-state index contributed by atoms with van der Waals surface area (Å²) in [6.45, 7) is 2.12. The highest BCUT2D eigenvalue weighted by Crippen LogP contribution is 2.28. The van der Waals surface area contributed by atoms with Crippen molar-refractivity contribution in [3.05, 3.63) is 35.9 Å². The summed E-state index contributed by atoms with van der Waals surface area (Å²) in [6, 6.07) is 10.6. The molecule has 1 aromatic carbocycles. The Morgan fingerprint density at radius 1 is 1.20 bits per heavy atom. The summed E-state index contributed by atoms with van der Waals surface area (Å²) in [7, 11) is 0. The van der Waals surface area contributed by atoms with E-state index in [0.717, 1.165) is 25.8 Å². The van der Waals surface area contributed by atoms with E-state index in [0.29, 0.717) is 19.1 Å². The largest absolute Gasteiger partial charge is 0.377 e. The van der Waals surface area contributed by atoms with Gasteiger partial charge in [-0.2, -0.15) is 0 Å². The van der Waals surface area contributed by atoms with E-state index in [1.165, 1.54) is 18.4 Å². The standard InChI is InChI=1S/C17H23NO2/c19-17(15-8-4-5-9-15)18-10-11-20-13-16(18)12-14-6-2-1-3-7-14/h1-3,6-7,15-16H,4-5,8-13H2. The van der Waals surface area contributed by atoms with Gasteiger partial charge in [-0.25, -0.2) is 0 Å². The van der Waals surface area contributed by atoms with Gasteiger partial charge >= 0.3 is 0 Å². The molecule has 20 heavy (non-hydrogen) atoms. The highest BCUT2D eigenvalue weighted by Gasteiger charge is 2.33. The molecule has 0 N–H and O–H groups in total. The van der Waals surface area contributed by atoms with Crippen molar-refractivity contribution in [2.75, 3.05) is 19.8 Å². The second-order valence-corrected chi connectivity index (χ2v) is 5.93. The molecule has 2 fully saturated rings. The third kappa shape index (κ3) is 3.04. The molecule has 0 radical (unpaired) electrons. The van der Waals surface area contributed by atoms with E-state index in [-0.39, 0.29) is 12.0 Å². The third-order valence-corrected chi connectivity index (χ3v) is 4.53. The van der Waals surface area contributed by atoms with Crippen molar-refractivity contribution in [2.45, 2.75) is 38.1 Å². The van der Waals surface area contributed by atoms with Crippen LogP contribution in [-0.4, -0.2) is 36.6 Å². The number of hydrogen-bond acceptors (Lipinski definition) is 2. The fourth-order valence-electron chi connectivity index (χ4n) is 3.41. The third-order valence-electron chi connectivity index (χ3n) is 4.53. The van der Waals surface area contributed by atoms with Crippen LogP contribution in [0, 0.1) is 5.92 Å². The van der Waals surface area contributed by atoms with Crippen LogP contribution >= 0.6 is 0 Å². The second kappa shape index (κ2) is 6.40. The van der Waals surface area contributed by atoms with E-state index in [4.69, 9.17) is 4.74 Å². The number of hydrogen-bond donors (Lipinski definition) is 0. The number of carbonyl (C=O) groups excluding carboxylic acids is 1. The molecular weight excluding hydrogens is 250 g/mol. The van der Waals surface area contributed by atoms with Gasteiger partial charge in [0.1, 0.15) is 0 Å². The van der Waals surface area contributed by atoms with Gasteiger partial charge in [0, 0.05) is 12.5 Å². The normalized spacial score (nSPS) is 24.0. The minimum absolute atomic E-state index is 0.208. The molecule has 1 atom stereocenters. The lowest BCUT2D eigenvalue weighted by Gasteiger charge is -2.37. The van der Waals surface area contributed by atoms with Gasteiger partial charge < -0.3 is 9.64 Å². The maximum Gasteiger partial charge on any atom is 0.226 e. The SMILES string of the molecule is O=C(C1CCCC1)N1CCOCC1Cc1ccccc1. The molecule has 1 unspecified atom stereocenters. The van der Waals surface area contributed by atoms with Crippen molar-refractivity contribution >= 4 is 5.91 Å². The molecular formula is C17H23NO2. The lowest BCUT2D eigenvalue weighted by atomic mass is 10.0. The molecule has 1 heterocycles. The molecule has 1 saturated heterocycles. The van der Waals surface area contributed by atoms with Crippen LogP contribution in [0.2, 0.25) is 0 Å². The summed E-state index contributed by atoms with van der Waals surface area (Å²) in [4.78, 5) is 14.8. The zero-order valence-electron chi connectivity index (χ0n) is 12.0. The van der Waals surface area contributed by atoms with Crippen LogP contribution in [-0.2, 0) is 16.0 Å². The summed E-state index contributed by atoms with van der Waals surface area (Å²) in [6.07, 6.45) is 5.48. The molecule has 0 aromatic heterocycles. The van der Waals surface area contributed by atoms with Crippen molar-refractivity contribution in [1.29, 1.82) is 0 Å². The fourth-order valence-corrected chi connectivity index (χ4v) is 3.41. The molecule has 1 aromatic rings. The van der Waals surface area contributed by atoms with Crippen molar-refractivity contribution in [3.8, 4) is 0 Å². The summed E-state index contributed by atoms with van der Waals surface area (Å²) >= 11 is 0. The lowest BCUT2D eigenvalue weighted by molar-refractivity contribution is -0.144. The average Bonchev–Trinajstić information content (AvgIpc) is 3.02. The van der Waals surface area contributed by atoms with Crippen molar-refractivity contribution in [2.24, 2.45) is 5.92 Å². The van der Waals surface area contributed by atoms with Gasteiger partial charge in [-0.1, -0.05) is 43.2 Å². The second-order valence-electron chi connectivity index (χ2n) is 5.93. The Bertz CT molecular complexity index is 440. The average molecular weight is 273 g/mol. The van der Waals surface area contributed by atoms with Crippen molar-refractivity contribution < 1.29 is 9.53 Å². The van der Waals surface area contributed by atoms with E-state index < -0.39 is 0 Å². The van der Waals surface area contributed by atoms with Crippen LogP contribution in [0.1, 0.15) is 31.2 Å². The van der Waals surface area contributed by atoms with E-state index in [1.807, 2.05) is 6.07 Å². The molecule has 1 aliphatic carbocycles. The number of carbonyl (C=O) groups is 1. The molecule has 108 valence electrons. The van der Waals surface area contributed by atoms with Gasteiger partial charge in [-0.15, -0.1) is 0 Å². The summed E-state index contributed by atoms with van der Waals surface area (Å²) < 4.78 is 5.60. The maximum absolute atomic E-state index is 12.7. The molecule has 2 aliphatic rings. The van der Waals surface area contributed by atoms with E-state index in [2.05, 4.69) is 29.2 Å². The molecule has 0 bridgehead atoms. The predicted molar refractivity (Wildman–Crippen MR) is 78.4 cm³/mol. The van der Waals surface area contributed by atoms with Gasteiger partial charge in [0.15, 0.2) is 0 Å². The van der Waals surface area contributed by atoms with Crippen molar-refractivity contribution in [3.63, 3.8) is 0 Å². The van der Waals surface area contributed by atoms with Crippen LogP contribution in [0.3, 0.4) is 0 Å². The number of rotatable bonds is 3. The van der Waals surface area contributed by atoms with Crippen LogP contribution in [0.4, 0.5) is 0 Å². The lowest BCUT2D eigenvalue weighted by Crippen LogP contribution is -2.51. The zero-order chi connectivity index (χ0) is 13.8. The zero-order valence-corrected chi connectivity index (χ0v) is 12.0. The maximum atomic E-state index is 12.7. The van der Waals surface area contributed by atoms with Crippen LogP contribution in [0.5, 0.6) is 0 Å². The number of nitrogens with zero attached hydrogens (tertiary/aromatic N) is 1. The van der Waals surface area contributed by atoms with Gasteiger partial charge in [0.2, 0.25) is 5.91 Å². The van der Waals surface area contributed by atoms with Crippen molar-refractivity contribution in [1.82, 2.24) is 4.90 Å². The van der Waals surface area contributed by atoms with E-state index >= 15 is 0 Å². The number of morpholine rings is 1. The molecule has 3 heteroatoms. The van der Waals surface area contributed by atoms with E-state index in [9.17, 15) is 4.79 Å². The molecule has 3 rings (SSSR count). The molecule has 1 aliphatic heterocycles. The summed E-state index contributed by atoms with van der Waals surface area (Å²) in [5.74, 6) is 0.637. The highest BCUT2D eigenvalue weighted by atomic mass is 16.5. The topological polar surface area (TPSA) is 29.5 Å². The number of amides is 1. The molecule has 0 spiro atoms. The first-order chi connectivity index (χ1) is 9.84.